The summed E-state index contributed by atoms with van der Waals surface area (Å²) in [6, 6.07) is 27.2. The molecule has 3 aromatic carbocycles. The fraction of sp³-hybridized carbons (Fsp3) is 0.333. The standard InChI is InChI=1S/C36H35NO7S/c1-22-20-26(30(38)43-21-23-14-8-5-9-15-23)36(27(22)31(39)42-4)33(41)37-29(35(2,3)45-34(36)37)32(40)44-28(24-16-10-6-11-17-24)25-18-12-7-13-19-25/h5-20,22,27-29,34H,21H2,1-4H3/t22-,27-,29+,34-,36?/m1/s1. The van der Waals surface area contributed by atoms with Crippen LogP contribution in [0.15, 0.2) is 103 Å². The Labute approximate surface area is 266 Å². The highest BCUT2D eigenvalue weighted by atomic mass is 32.2. The Morgan fingerprint density at radius 3 is 1.98 bits per heavy atom. The van der Waals surface area contributed by atoms with Gasteiger partial charge in [0.1, 0.15) is 18.1 Å². The number of ether oxygens (including phenoxy) is 3. The van der Waals surface area contributed by atoms with Crippen LogP contribution in [0.25, 0.3) is 0 Å². The van der Waals surface area contributed by atoms with Crippen LogP contribution in [0.4, 0.5) is 0 Å². The first-order valence-electron chi connectivity index (χ1n) is 14.9. The van der Waals surface area contributed by atoms with E-state index in [0.717, 1.165) is 16.7 Å². The largest absolute Gasteiger partial charge is 0.469 e. The van der Waals surface area contributed by atoms with Gasteiger partial charge in [-0.3, -0.25) is 9.59 Å². The second-order valence-electron chi connectivity index (χ2n) is 12.2. The van der Waals surface area contributed by atoms with Gasteiger partial charge in [-0.25, -0.2) is 9.59 Å². The van der Waals surface area contributed by atoms with Crippen molar-refractivity contribution in [2.45, 2.75) is 49.6 Å². The molecule has 5 atom stereocenters. The molecule has 2 aliphatic heterocycles. The second-order valence-corrected chi connectivity index (χ2v) is 13.9. The summed E-state index contributed by atoms with van der Waals surface area (Å²) in [6.45, 7) is 5.57. The van der Waals surface area contributed by atoms with Crippen LogP contribution in [0.1, 0.15) is 43.6 Å². The first-order valence-corrected chi connectivity index (χ1v) is 15.8. The smallest absolute Gasteiger partial charge is 0.335 e. The highest BCUT2D eigenvalue weighted by molar-refractivity contribution is 8.01. The maximum Gasteiger partial charge on any atom is 0.335 e. The van der Waals surface area contributed by atoms with E-state index in [-0.39, 0.29) is 12.2 Å². The van der Waals surface area contributed by atoms with E-state index in [9.17, 15) is 19.2 Å². The molecule has 1 amide bonds. The summed E-state index contributed by atoms with van der Waals surface area (Å²) >= 11 is 1.39. The first-order chi connectivity index (χ1) is 21.6. The minimum Gasteiger partial charge on any atom is -0.469 e. The van der Waals surface area contributed by atoms with E-state index in [4.69, 9.17) is 14.2 Å². The number of amides is 1. The first kappa shape index (κ1) is 30.6. The van der Waals surface area contributed by atoms with Crippen molar-refractivity contribution in [2.24, 2.45) is 17.3 Å². The predicted octanol–water partition coefficient (Wildman–Crippen LogP) is 5.48. The molecule has 0 radical (unpaired) electrons. The molecule has 0 N–H and O–H groups in total. The van der Waals surface area contributed by atoms with Crippen molar-refractivity contribution in [1.82, 2.24) is 4.90 Å². The molecule has 45 heavy (non-hydrogen) atoms. The van der Waals surface area contributed by atoms with Crippen molar-refractivity contribution < 1.29 is 33.4 Å². The van der Waals surface area contributed by atoms with Gasteiger partial charge in [0.25, 0.3) is 0 Å². The van der Waals surface area contributed by atoms with Gasteiger partial charge < -0.3 is 19.1 Å². The van der Waals surface area contributed by atoms with Gasteiger partial charge in [0.15, 0.2) is 6.10 Å². The molecule has 3 aliphatic rings. The number of hydrogen-bond donors (Lipinski definition) is 0. The quantitative estimate of drug-likeness (QED) is 0.185. The van der Waals surface area contributed by atoms with E-state index >= 15 is 0 Å². The van der Waals surface area contributed by atoms with Crippen molar-refractivity contribution in [2.75, 3.05) is 7.11 Å². The molecule has 2 fully saturated rings. The van der Waals surface area contributed by atoms with Crippen LogP contribution in [-0.2, 0) is 40.0 Å². The molecule has 2 saturated heterocycles. The van der Waals surface area contributed by atoms with Gasteiger partial charge in [0.2, 0.25) is 5.91 Å². The lowest BCUT2D eigenvalue weighted by molar-refractivity contribution is -0.185. The topological polar surface area (TPSA) is 99.2 Å². The number of thioether (sulfide) groups is 1. The van der Waals surface area contributed by atoms with Crippen molar-refractivity contribution in [3.8, 4) is 0 Å². The molecule has 2 heterocycles. The highest BCUT2D eigenvalue weighted by Crippen LogP contribution is 2.67. The lowest BCUT2D eigenvalue weighted by Gasteiger charge is -2.54. The number of hydrogen-bond acceptors (Lipinski definition) is 8. The zero-order valence-electron chi connectivity index (χ0n) is 25.5. The summed E-state index contributed by atoms with van der Waals surface area (Å²) in [6.07, 6.45) is 0.965. The second kappa shape index (κ2) is 11.9. The van der Waals surface area contributed by atoms with E-state index in [1.54, 1.807) is 13.0 Å². The Kier molecular flexibility index (Phi) is 8.07. The Balaban J connectivity index is 1.32. The highest BCUT2D eigenvalue weighted by Gasteiger charge is 2.79. The third kappa shape index (κ3) is 5.03. The third-order valence-electron chi connectivity index (χ3n) is 9.02. The van der Waals surface area contributed by atoms with Crippen molar-refractivity contribution in [3.63, 3.8) is 0 Å². The van der Waals surface area contributed by atoms with E-state index in [1.165, 1.54) is 23.8 Å². The third-order valence-corrected chi connectivity index (χ3v) is 10.7. The van der Waals surface area contributed by atoms with Crippen molar-refractivity contribution in [3.05, 3.63) is 119 Å². The summed E-state index contributed by atoms with van der Waals surface area (Å²) in [5.74, 6) is -3.72. The molecule has 8 nitrogen and oxygen atoms in total. The average molecular weight is 626 g/mol. The van der Waals surface area contributed by atoms with Gasteiger partial charge in [0, 0.05) is 4.75 Å². The van der Waals surface area contributed by atoms with Crippen LogP contribution in [0.3, 0.4) is 0 Å². The summed E-state index contributed by atoms with van der Waals surface area (Å²) in [5.41, 5.74) is 0.991. The van der Waals surface area contributed by atoms with Crippen LogP contribution in [0, 0.1) is 17.3 Å². The van der Waals surface area contributed by atoms with Crippen LogP contribution >= 0.6 is 11.8 Å². The molecule has 232 valence electrons. The number of carbonyl (C=O) groups excluding carboxylic acids is 4. The molecule has 6 rings (SSSR count). The molecule has 0 saturated carbocycles. The summed E-state index contributed by atoms with van der Waals surface area (Å²) in [7, 11) is 1.27. The molecule has 3 aromatic rings. The zero-order valence-corrected chi connectivity index (χ0v) is 26.4. The van der Waals surface area contributed by atoms with Gasteiger partial charge in [0.05, 0.1) is 24.0 Å². The molecular weight excluding hydrogens is 590 g/mol. The Hall–Kier alpha value is -4.37. The van der Waals surface area contributed by atoms with Crippen LogP contribution in [0.2, 0.25) is 0 Å². The molecule has 1 spiro atoms. The number of β-lactam (4-membered cyclic amide) rings is 1. The van der Waals surface area contributed by atoms with E-state index in [1.807, 2.05) is 105 Å². The van der Waals surface area contributed by atoms with Gasteiger partial charge in [-0.2, -0.15) is 0 Å². The SMILES string of the molecule is COC(=O)[C@H]1[C@H](C)C=C(C(=O)OCc2ccccc2)C12C(=O)N1[C@@H](C(=O)OC(c3ccccc3)c3ccccc3)C(C)(C)S[C@@H]12. The predicted molar refractivity (Wildman–Crippen MR) is 168 cm³/mol. The summed E-state index contributed by atoms with van der Waals surface area (Å²) in [4.78, 5) is 57.1. The molecule has 1 unspecified atom stereocenters. The van der Waals surface area contributed by atoms with Gasteiger partial charge >= 0.3 is 17.9 Å². The van der Waals surface area contributed by atoms with Gasteiger partial charge in [-0.1, -0.05) is 104 Å². The fourth-order valence-electron chi connectivity index (χ4n) is 7.01. The lowest BCUT2D eigenvalue weighted by atomic mass is 9.64. The molecule has 1 aliphatic carbocycles. The van der Waals surface area contributed by atoms with E-state index < -0.39 is 63.3 Å². The van der Waals surface area contributed by atoms with Crippen LogP contribution in [0.5, 0.6) is 0 Å². The van der Waals surface area contributed by atoms with E-state index in [0.29, 0.717) is 0 Å². The fourth-order valence-corrected chi connectivity index (χ4v) is 8.82. The van der Waals surface area contributed by atoms with Crippen molar-refractivity contribution in [1.29, 1.82) is 0 Å². The monoisotopic (exact) mass is 625 g/mol. The normalized spacial score (nSPS) is 26.2. The van der Waals surface area contributed by atoms with Gasteiger partial charge in [-0.05, 0) is 36.5 Å². The minimum absolute atomic E-state index is 0.0148. The Morgan fingerprint density at radius 1 is 0.867 bits per heavy atom. The average Bonchev–Trinajstić information content (AvgIpc) is 3.53. The minimum atomic E-state index is -1.53. The Bertz CT molecular complexity index is 1600. The number of rotatable bonds is 8. The number of benzene rings is 3. The maximum absolute atomic E-state index is 14.5. The number of allylic oxidation sites excluding steroid dienone is 1. The number of carbonyl (C=O) groups is 4. The summed E-state index contributed by atoms with van der Waals surface area (Å²) < 4.78 is 16.3. The number of esters is 3. The van der Waals surface area contributed by atoms with Crippen molar-refractivity contribution >= 4 is 35.6 Å². The Morgan fingerprint density at radius 2 is 1.42 bits per heavy atom. The molecular formula is C36H35NO7S. The molecule has 0 bridgehead atoms. The maximum atomic E-state index is 14.5. The number of nitrogens with zero attached hydrogens (tertiary/aromatic N) is 1. The number of methoxy groups -OCH3 is 1. The summed E-state index contributed by atoms with van der Waals surface area (Å²) in [5, 5.41) is -0.686. The lowest BCUT2D eigenvalue weighted by Crippen LogP contribution is -2.73. The van der Waals surface area contributed by atoms with Crippen LogP contribution < -0.4 is 0 Å². The van der Waals surface area contributed by atoms with Crippen LogP contribution in [-0.4, -0.2) is 52.0 Å². The van der Waals surface area contributed by atoms with Gasteiger partial charge in [-0.15, -0.1) is 11.8 Å². The molecule has 9 heteroatoms. The number of fused-ring (bicyclic) bond motifs is 2. The van der Waals surface area contributed by atoms with E-state index in [2.05, 4.69) is 0 Å². The zero-order chi connectivity index (χ0) is 31.9. The molecule has 0 aromatic heterocycles.